The van der Waals surface area contributed by atoms with Gasteiger partial charge in [-0.2, -0.15) is 0 Å². The molecule has 1 amide bonds. The highest BCUT2D eigenvalue weighted by Gasteiger charge is 2.23. The van der Waals surface area contributed by atoms with E-state index >= 15 is 0 Å². The molecule has 100 valence electrons. The zero-order valence-corrected chi connectivity index (χ0v) is 11.9. The molecule has 3 heteroatoms. The summed E-state index contributed by atoms with van der Waals surface area (Å²) in [6.45, 7) is 5.55. The molecule has 1 aliphatic carbocycles. The van der Waals surface area contributed by atoms with E-state index in [-0.39, 0.29) is 5.91 Å². The fourth-order valence-corrected chi connectivity index (χ4v) is 2.47. The standard InChI is InChI=1S/C14H28N2O/c1-14(2)9-5-6-12(7-10-14)15-11-8-13(17)16(3)4/h12,15H,5-11H2,1-4H3. The van der Waals surface area contributed by atoms with Crippen molar-refractivity contribution in [2.24, 2.45) is 5.41 Å². The van der Waals surface area contributed by atoms with Crippen molar-refractivity contribution in [3.8, 4) is 0 Å². The highest BCUT2D eigenvalue weighted by Crippen LogP contribution is 2.33. The van der Waals surface area contributed by atoms with E-state index in [2.05, 4.69) is 19.2 Å². The lowest BCUT2D eigenvalue weighted by Gasteiger charge is -2.22. The van der Waals surface area contributed by atoms with Crippen molar-refractivity contribution in [3.05, 3.63) is 0 Å². The van der Waals surface area contributed by atoms with Gasteiger partial charge in [-0.25, -0.2) is 0 Å². The second-order valence-corrected chi connectivity index (χ2v) is 6.28. The molecule has 0 aliphatic heterocycles. The lowest BCUT2D eigenvalue weighted by Crippen LogP contribution is -2.33. The molecule has 1 aliphatic rings. The van der Waals surface area contributed by atoms with E-state index in [9.17, 15) is 4.79 Å². The molecule has 1 unspecified atom stereocenters. The van der Waals surface area contributed by atoms with Crippen molar-refractivity contribution in [1.29, 1.82) is 0 Å². The Bertz CT molecular complexity index is 249. The molecule has 1 fully saturated rings. The lowest BCUT2D eigenvalue weighted by molar-refractivity contribution is -0.128. The maximum absolute atomic E-state index is 11.4. The summed E-state index contributed by atoms with van der Waals surface area (Å²) in [5.74, 6) is 0.214. The molecule has 0 saturated heterocycles. The van der Waals surface area contributed by atoms with Gasteiger partial charge < -0.3 is 10.2 Å². The third-order valence-corrected chi connectivity index (χ3v) is 3.85. The summed E-state index contributed by atoms with van der Waals surface area (Å²) < 4.78 is 0. The molecular formula is C14H28N2O. The molecule has 17 heavy (non-hydrogen) atoms. The van der Waals surface area contributed by atoms with Gasteiger partial charge >= 0.3 is 0 Å². The van der Waals surface area contributed by atoms with Gasteiger partial charge in [0.2, 0.25) is 5.91 Å². The van der Waals surface area contributed by atoms with Crippen LogP contribution in [0.15, 0.2) is 0 Å². The van der Waals surface area contributed by atoms with E-state index in [4.69, 9.17) is 0 Å². The molecule has 0 heterocycles. The Morgan fingerprint density at radius 2 is 2.00 bits per heavy atom. The molecule has 0 bridgehead atoms. The first-order chi connectivity index (χ1) is 7.91. The number of carbonyl (C=O) groups excluding carboxylic acids is 1. The van der Waals surface area contributed by atoms with Gasteiger partial charge in [0.05, 0.1) is 0 Å². The number of amides is 1. The van der Waals surface area contributed by atoms with Crippen molar-refractivity contribution in [2.45, 2.75) is 58.4 Å². The zero-order valence-electron chi connectivity index (χ0n) is 11.9. The number of hydrogen-bond acceptors (Lipinski definition) is 2. The summed E-state index contributed by atoms with van der Waals surface area (Å²) in [6, 6.07) is 0.617. The average molecular weight is 240 g/mol. The van der Waals surface area contributed by atoms with Gasteiger partial charge in [0.1, 0.15) is 0 Å². The minimum atomic E-state index is 0.214. The Balaban J connectivity index is 2.22. The third-order valence-electron chi connectivity index (χ3n) is 3.85. The predicted octanol–water partition coefficient (Wildman–Crippen LogP) is 2.41. The van der Waals surface area contributed by atoms with E-state index in [0.717, 1.165) is 6.54 Å². The number of nitrogens with one attached hydrogen (secondary N) is 1. The maximum atomic E-state index is 11.4. The van der Waals surface area contributed by atoms with Crippen LogP contribution in [-0.2, 0) is 4.79 Å². The van der Waals surface area contributed by atoms with Gasteiger partial charge in [0, 0.05) is 33.1 Å². The van der Waals surface area contributed by atoms with Crippen molar-refractivity contribution in [1.82, 2.24) is 10.2 Å². The fourth-order valence-electron chi connectivity index (χ4n) is 2.47. The summed E-state index contributed by atoms with van der Waals surface area (Å²) in [4.78, 5) is 13.1. The topological polar surface area (TPSA) is 32.3 Å². The fraction of sp³-hybridized carbons (Fsp3) is 0.929. The number of carbonyl (C=O) groups is 1. The average Bonchev–Trinajstić information content (AvgIpc) is 2.40. The summed E-state index contributed by atoms with van der Waals surface area (Å²) in [5.41, 5.74) is 0.510. The molecule has 3 nitrogen and oxygen atoms in total. The van der Waals surface area contributed by atoms with Gasteiger partial charge in [-0.1, -0.05) is 20.3 Å². The molecule has 0 aromatic rings. The molecule has 0 radical (unpaired) electrons. The molecule has 0 aromatic heterocycles. The quantitative estimate of drug-likeness (QED) is 0.765. The molecular weight excluding hydrogens is 212 g/mol. The second kappa shape index (κ2) is 6.39. The Morgan fingerprint density at radius 1 is 1.29 bits per heavy atom. The molecule has 0 aromatic carbocycles. The summed E-state index contributed by atoms with van der Waals surface area (Å²) in [5, 5.41) is 3.54. The largest absolute Gasteiger partial charge is 0.349 e. The monoisotopic (exact) mass is 240 g/mol. The van der Waals surface area contributed by atoms with E-state index in [1.54, 1.807) is 4.90 Å². The van der Waals surface area contributed by atoms with E-state index < -0.39 is 0 Å². The number of rotatable bonds is 4. The van der Waals surface area contributed by atoms with Crippen molar-refractivity contribution < 1.29 is 4.79 Å². The summed E-state index contributed by atoms with van der Waals surface area (Å²) >= 11 is 0. The van der Waals surface area contributed by atoms with Crippen LogP contribution in [0.4, 0.5) is 0 Å². The summed E-state index contributed by atoms with van der Waals surface area (Å²) in [7, 11) is 3.63. The summed E-state index contributed by atoms with van der Waals surface area (Å²) in [6.07, 6.45) is 7.08. The molecule has 1 atom stereocenters. The van der Waals surface area contributed by atoms with Crippen molar-refractivity contribution in [3.63, 3.8) is 0 Å². The Hall–Kier alpha value is -0.570. The van der Waals surface area contributed by atoms with Crippen LogP contribution in [0.3, 0.4) is 0 Å². The zero-order chi connectivity index (χ0) is 12.9. The van der Waals surface area contributed by atoms with Crippen LogP contribution in [0.25, 0.3) is 0 Å². The Kier molecular flexibility index (Phi) is 5.44. The van der Waals surface area contributed by atoms with Crippen LogP contribution in [0.1, 0.15) is 52.4 Å². The normalized spacial score (nSPS) is 24.1. The minimum Gasteiger partial charge on any atom is -0.349 e. The van der Waals surface area contributed by atoms with Gasteiger partial charge in [-0.15, -0.1) is 0 Å². The van der Waals surface area contributed by atoms with E-state index in [1.807, 2.05) is 14.1 Å². The van der Waals surface area contributed by atoms with Crippen LogP contribution in [0.2, 0.25) is 0 Å². The Morgan fingerprint density at radius 3 is 2.65 bits per heavy atom. The number of hydrogen-bond donors (Lipinski definition) is 1. The Labute approximate surface area is 106 Å². The SMILES string of the molecule is CN(C)C(=O)CCNC1CCCC(C)(C)CC1. The smallest absolute Gasteiger partial charge is 0.223 e. The van der Waals surface area contributed by atoms with Crippen LogP contribution in [-0.4, -0.2) is 37.5 Å². The first-order valence-electron chi connectivity index (χ1n) is 6.84. The van der Waals surface area contributed by atoms with Gasteiger partial charge in [0.25, 0.3) is 0 Å². The van der Waals surface area contributed by atoms with Gasteiger partial charge in [0.15, 0.2) is 0 Å². The second-order valence-electron chi connectivity index (χ2n) is 6.28. The highest BCUT2D eigenvalue weighted by atomic mass is 16.2. The third kappa shape index (κ3) is 5.53. The van der Waals surface area contributed by atoms with E-state index in [0.29, 0.717) is 17.9 Å². The lowest BCUT2D eigenvalue weighted by atomic mass is 9.85. The molecule has 1 N–H and O–H groups in total. The molecule has 1 saturated carbocycles. The maximum Gasteiger partial charge on any atom is 0.223 e. The van der Waals surface area contributed by atoms with Crippen LogP contribution >= 0.6 is 0 Å². The van der Waals surface area contributed by atoms with Crippen LogP contribution in [0, 0.1) is 5.41 Å². The first kappa shape index (κ1) is 14.5. The molecule has 1 rings (SSSR count). The minimum absolute atomic E-state index is 0.214. The highest BCUT2D eigenvalue weighted by molar-refractivity contribution is 5.75. The van der Waals surface area contributed by atoms with Gasteiger partial charge in [-0.05, 0) is 31.1 Å². The van der Waals surface area contributed by atoms with Crippen LogP contribution in [0.5, 0.6) is 0 Å². The van der Waals surface area contributed by atoms with Crippen LogP contribution < -0.4 is 5.32 Å². The molecule has 0 spiro atoms. The van der Waals surface area contributed by atoms with Gasteiger partial charge in [-0.3, -0.25) is 4.79 Å². The van der Waals surface area contributed by atoms with Crippen molar-refractivity contribution >= 4 is 5.91 Å². The number of nitrogens with zero attached hydrogens (tertiary/aromatic N) is 1. The van der Waals surface area contributed by atoms with Crippen molar-refractivity contribution in [2.75, 3.05) is 20.6 Å². The van der Waals surface area contributed by atoms with E-state index in [1.165, 1.54) is 32.1 Å². The first-order valence-corrected chi connectivity index (χ1v) is 6.84. The predicted molar refractivity (Wildman–Crippen MR) is 72.0 cm³/mol.